The van der Waals surface area contributed by atoms with E-state index >= 15 is 0 Å². The summed E-state index contributed by atoms with van der Waals surface area (Å²) in [6, 6.07) is 11.3. The van der Waals surface area contributed by atoms with Gasteiger partial charge in [-0.15, -0.1) is 12.4 Å². The number of rotatable bonds is 5. The molecule has 24 heavy (non-hydrogen) atoms. The molecule has 2 N–H and O–H groups in total. The van der Waals surface area contributed by atoms with Crippen molar-refractivity contribution in [1.29, 1.82) is 0 Å². The predicted molar refractivity (Wildman–Crippen MR) is 93.0 cm³/mol. The molecule has 0 radical (unpaired) electrons. The molecule has 5 nitrogen and oxygen atoms in total. The first-order chi connectivity index (χ1) is 11.2. The maximum Gasteiger partial charge on any atom is 0.261 e. The lowest BCUT2D eigenvalue weighted by molar-refractivity contribution is 0.306. The SMILES string of the molecule is Cl.NCCn1cnc2cc(OCc3cccc(F)c3)ccc2c1=O. The highest BCUT2D eigenvalue weighted by molar-refractivity contribution is 5.85. The van der Waals surface area contributed by atoms with Crippen molar-refractivity contribution >= 4 is 23.3 Å². The van der Waals surface area contributed by atoms with Crippen LogP contribution in [0.2, 0.25) is 0 Å². The van der Waals surface area contributed by atoms with E-state index in [2.05, 4.69) is 4.98 Å². The van der Waals surface area contributed by atoms with Gasteiger partial charge in [0.1, 0.15) is 18.2 Å². The smallest absolute Gasteiger partial charge is 0.261 e. The summed E-state index contributed by atoms with van der Waals surface area (Å²) in [4.78, 5) is 16.5. The van der Waals surface area contributed by atoms with E-state index in [0.29, 0.717) is 29.7 Å². The first-order valence-corrected chi connectivity index (χ1v) is 7.24. The average Bonchev–Trinajstić information content (AvgIpc) is 2.56. The van der Waals surface area contributed by atoms with E-state index in [1.807, 2.05) is 0 Å². The molecular weight excluding hydrogens is 333 g/mol. The minimum absolute atomic E-state index is 0. The molecule has 0 bridgehead atoms. The first kappa shape index (κ1) is 17.9. The third-order valence-corrected chi connectivity index (χ3v) is 3.46. The normalized spacial score (nSPS) is 10.4. The highest BCUT2D eigenvalue weighted by Crippen LogP contribution is 2.18. The van der Waals surface area contributed by atoms with Gasteiger partial charge in [-0.1, -0.05) is 12.1 Å². The summed E-state index contributed by atoms with van der Waals surface area (Å²) in [5, 5.41) is 0.513. The standard InChI is InChI=1S/C17H16FN3O2.ClH/c18-13-3-1-2-12(8-13)10-23-14-4-5-15-16(9-14)20-11-21(7-6-19)17(15)22;/h1-5,8-9,11H,6-7,10,19H2;1H. The fourth-order valence-electron chi connectivity index (χ4n) is 2.32. The van der Waals surface area contributed by atoms with Gasteiger partial charge in [0, 0.05) is 19.2 Å². The predicted octanol–water partition coefficient (Wildman–Crippen LogP) is 2.50. The second-order valence-corrected chi connectivity index (χ2v) is 5.13. The Morgan fingerprint density at radius 1 is 1.21 bits per heavy atom. The van der Waals surface area contributed by atoms with Gasteiger partial charge in [0.05, 0.1) is 17.2 Å². The number of nitrogens with two attached hydrogens (primary N) is 1. The van der Waals surface area contributed by atoms with E-state index in [1.54, 1.807) is 30.3 Å². The van der Waals surface area contributed by atoms with Crippen LogP contribution in [-0.4, -0.2) is 16.1 Å². The monoisotopic (exact) mass is 349 g/mol. The summed E-state index contributed by atoms with van der Waals surface area (Å²) in [5.74, 6) is 0.275. The molecule has 0 aliphatic heterocycles. The fraction of sp³-hybridized carbons (Fsp3) is 0.176. The second-order valence-electron chi connectivity index (χ2n) is 5.13. The van der Waals surface area contributed by atoms with Gasteiger partial charge < -0.3 is 10.5 Å². The van der Waals surface area contributed by atoms with Crippen molar-refractivity contribution in [1.82, 2.24) is 9.55 Å². The van der Waals surface area contributed by atoms with Gasteiger partial charge in [-0.2, -0.15) is 0 Å². The molecule has 126 valence electrons. The van der Waals surface area contributed by atoms with Crippen LogP contribution in [0.4, 0.5) is 4.39 Å². The average molecular weight is 350 g/mol. The van der Waals surface area contributed by atoms with Gasteiger partial charge >= 0.3 is 0 Å². The zero-order chi connectivity index (χ0) is 16.2. The van der Waals surface area contributed by atoms with Crippen molar-refractivity contribution in [3.05, 3.63) is 70.5 Å². The van der Waals surface area contributed by atoms with E-state index in [0.717, 1.165) is 5.56 Å². The Morgan fingerprint density at radius 2 is 2.04 bits per heavy atom. The van der Waals surface area contributed by atoms with E-state index in [4.69, 9.17) is 10.5 Å². The maximum absolute atomic E-state index is 13.1. The van der Waals surface area contributed by atoms with Gasteiger partial charge in [-0.05, 0) is 29.8 Å². The summed E-state index contributed by atoms with van der Waals surface area (Å²) in [5.41, 5.74) is 6.63. The molecular formula is C17H17ClFN3O2. The van der Waals surface area contributed by atoms with Crippen molar-refractivity contribution in [2.45, 2.75) is 13.2 Å². The van der Waals surface area contributed by atoms with Gasteiger partial charge in [0.15, 0.2) is 0 Å². The molecule has 0 amide bonds. The molecule has 2 aromatic carbocycles. The van der Waals surface area contributed by atoms with E-state index < -0.39 is 0 Å². The third kappa shape index (κ3) is 3.90. The van der Waals surface area contributed by atoms with Crippen LogP contribution in [0, 0.1) is 5.82 Å². The number of benzene rings is 2. The van der Waals surface area contributed by atoms with Crippen molar-refractivity contribution in [3.63, 3.8) is 0 Å². The van der Waals surface area contributed by atoms with Crippen molar-refractivity contribution < 1.29 is 9.13 Å². The van der Waals surface area contributed by atoms with Crippen LogP contribution in [0.15, 0.2) is 53.6 Å². The molecule has 0 aliphatic rings. The summed E-state index contributed by atoms with van der Waals surface area (Å²) >= 11 is 0. The zero-order valence-corrected chi connectivity index (χ0v) is 13.6. The largest absolute Gasteiger partial charge is 0.489 e. The van der Waals surface area contributed by atoms with Gasteiger partial charge in [-0.25, -0.2) is 9.37 Å². The minimum atomic E-state index is -0.299. The summed E-state index contributed by atoms with van der Waals surface area (Å²) < 4.78 is 20.3. The molecule has 0 atom stereocenters. The van der Waals surface area contributed by atoms with E-state index in [1.165, 1.54) is 23.0 Å². The molecule has 1 heterocycles. The first-order valence-electron chi connectivity index (χ1n) is 7.24. The minimum Gasteiger partial charge on any atom is -0.489 e. The molecule has 0 saturated heterocycles. The number of nitrogens with zero attached hydrogens (tertiary/aromatic N) is 2. The van der Waals surface area contributed by atoms with Crippen LogP contribution >= 0.6 is 12.4 Å². The summed E-state index contributed by atoms with van der Waals surface area (Å²) in [6.07, 6.45) is 1.48. The van der Waals surface area contributed by atoms with Gasteiger partial charge in [0.2, 0.25) is 0 Å². The quantitative estimate of drug-likeness (QED) is 0.768. The molecule has 7 heteroatoms. The van der Waals surface area contributed by atoms with Gasteiger partial charge in [-0.3, -0.25) is 9.36 Å². The summed E-state index contributed by atoms with van der Waals surface area (Å²) in [7, 11) is 0. The van der Waals surface area contributed by atoms with Crippen LogP contribution in [-0.2, 0) is 13.2 Å². The molecule has 1 aromatic heterocycles. The van der Waals surface area contributed by atoms with Crippen LogP contribution in [0.25, 0.3) is 10.9 Å². The lowest BCUT2D eigenvalue weighted by atomic mass is 10.2. The highest BCUT2D eigenvalue weighted by atomic mass is 35.5. The number of ether oxygens (including phenoxy) is 1. The van der Waals surface area contributed by atoms with Crippen LogP contribution < -0.4 is 16.0 Å². The maximum atomic E-state index is 13.1. The number of halogens is 2. The zero-order valence-electron chi connectivity index (χ0n) is 12.8. The Labute approximate surface area is 144 Å². The number of fused-ring (bicyclic) bond motifs is 1. The Balaban J connectivity index is 0.00000208. The van der Waals surface area contributed by atoms with Crippen LogP contribution in [0.1, 0.15) is 5.56 Å². The van der Waals surface area contributed by atoms with E-state index in [9.17, 15) is 9.18 Å². The lowest BCUT2D eigenvalue weighted by Gasteiger charge is -2.08. The molecule has 3 rings (SSSR count). The van der Waals surface area contributed by atoms with Crippen molar-refractivity contribution in [2.75, 3.05) is 6.54 Å². The van der Waals surface area contributed by atoms with Crippen molar-refractivity contribution in [2.24, 2.45) is 5.73 Å². The topological polar surface area (TPSA) is 70.1 Å². The Morgan fingerprint density at radius 3 is 2.79 bits per heavy atom. The van der Waals surface area contributed by atoms with E-state index in [-0.39, 0.29) is 30.4 Å². The Kier molecular flexibility index (Phi) is 5.89. The fourth-order valence-corrected chi connectivity index (χ4v) is 2.32. The van der Waals surface area contributed by atoms with Crippen LogP contribution in [0.3, 0.4) is 0 Å². The van der Waals surface area contributed by atoms with Gasteiger partial charge in [0.25, 0.3) is 5.56 Å². The molecule has 3 aromatic rings. The second kappa shape index (κ2) is 7.90. The number of hydrogen-bond donors (Lipinski definition) is 1. The number of hydrogen-bond acceptors (Lipinski definition) is 4. The summed E-state index contributed by atoms with van der Waals surface area (Å²) in [6.45, 7) is 1.05. The molecule has 0 fully saturated rings. The lowest BCUT2D eigenvalue weighted by Crippen LogP contribution is -2.24. The molecule has 0 saturated carbocycles. The molecule has 0 unspecified atom stereocenters. The van der Waals surface area contributed by atoms with Crippen molar-refractivity contribution in [3.8, 4) is 5.75 Å². The Hall–Kier alpha value is -2.44. The Bertz CT molecular complexity index is 898. The highest BCUT2D eigenvalue weighted by Gasteiger charge is 2.06. The third-order valence-electron chi connectivity index (χ3n) is 3.46. The molecule has 0 aliphatic carbocycles. The molecule has 0 spiro atoms. The van der Waals surface area contributed by atoms with Crippen LogP contribution in [0.5, 0.6) is 5.75 Å². The number of aromatic nitrogens is 2.